The van der Waals surface area contributed by atoms with Crippen LogP contribution in [-0.4, -0.2) is 36.8 Å². The van der Waals surface area contributed by atoms with E-state index in [1.165, 1.54) is 49.2 Å². The van der Waals surface area contributed by atoms with Gasteiger partial charge in [-0.3, -0.25) is 0 Å². The highest BCUT2D eigenvalue weighted by Crippen LogP contribution is 2.45. The molecule has 0 saturated carbocycles. The zero-order chi connectivity index (χ0) is 27.8. The van der Waals surface area contributed by atoms with Crippen molar-refractivity contribution in [1.82, 2.24) is 4.90 Å². The van der Waals surface area contributed by atoms with E-state index in [1.807, 2.05) is 29.2 Å². The number of benzene rings is 5. The van der Waals surface area contributed by atoms with Gasteiger partial charge < -0.3 is 15.5 Å². The number of fused-ring (bicyclic) bond motifs is 3. The van der Waals surface area contributed by atoms with Gasteiger partial charge in [0.25, 0.3) is 0 Å². The fourth-order valence-corrected chi connectivity index (χ4v) is 6.86. The highest BCUT2D eigenvalue weighted by atomic mass is 32.2. The van der Waals surface area contributed by atoms with Crippen molar-refractivity contribution >= 4 is 39.9 Å². The third kappa shape index (κ3) is 4.85. The van der Waals surface area contributed by atoms with Crippen LogP contribution in [0.25, 0.3) is 33.0 Å². The molecular weight excluding hydrogens is 522 g/mol. The second-order valence-corrected chi connectivity index (χ2v) is 12.0. The Morgan fingerprint density at radius 3 is 2.29 bits per heavy atom. The monoisotopic (exact) mass is 555 g/mol. The Bertz CT molecular complexity index is 1720. The second-order valence-electron chi connectivity index (χ2n) is 11.1. The molecule has 2 amide bonds. The lowest BCUT2D eigenvalue weighted by Gasteiger charge is -2.39. The minimum Gasteiger partial charge on any atom is -0.384 e. The fourth-order valence-electron chi connectivity index (χ4n) is 6.46. The van der Waals surface area contributed by atoms with Crippen LogP contribution in [0.3, 0.4) is 0 Å². The average Bonchev–Trinajstić information content (AvgIpc) is 3.38. The van der Waals surface area contributed by atoms with Gasteiger partial charge in [-0.15, -0.1) is 11.8 Å². The van der Waals surface area contributed by atoms with Crippen LogP contribution < -0.4 is 10.6 Å². The summed E-state index contributed by atoms with van der Waals surface area (Å²) in [7, 11) is 0. The maximum absolute atomic E-state index is 13.0. The van der Waals surface area contributed by atoms with E-state index in [1.54, 1.807) is 11.8 Å². The summed E-state index contributed by atoms with van der Waals surface area (Å²) >= 11 is 1.70. The summed E-state index contributed by atoms with van der Waals surface area (Å²) in [5.41, 5.74) is 8.49. The summed E-state index contributed by atoms with van der Waals surface area (Å²) in [6, 6.07) is 38.9. The van der Waals surface area contributed by atoms with Crippen molar-refractivity contribution in [3.63, 3.8) is 0 Å². The van der Waals surface area contributed by atoms with Crippen molar-refractivity contribution in [2.75, 3.05) is 36.5 Å². The number of likely N-dealkylation sites (tertiary alicyclic amines) is 1. The predicted molar refractivity (Wildman–Crippen MR) is 173 cm³/mol. The topological polar surface area (TPSA) is 44.4 Å². The summed E-state index contributed by atoms with van der Waals surface area (Å²) in [4.78, 5) is 16.2. The van der Waals surface area contributed by atoms with Gasteiger partial charge in [-0.1, -0.05) is 72.8 Å². The molecular formula is C36H33N3OS. The van der Waals surface area contributed by atoms with Gasteiger partial charge >= 0.3 is 6.03 Å². The van der Waals surface area contributed by atoms with E-state index in [4.69, 9.17) is 0 Å². The normalized spacial score (nSPS) is 15.5. The Morgan fingerprint density at radius 2 is 1.51 bits per heavy atom. The molecule has 5 aromatic carbocycles. The number of piperidine rings is 1. The molecule has 0 aliphatic carbocycles. The third-order valence-corrected chi connectivity index (χ3v) is 9.62. The van der Waals surface area contributed by atoms with Crippen LogP contribution in [-0.2, 0) is 5.41 Å². The highest BCUT2D eigenvalue weighted by molar-refractivity contribution is 7.98. The van der Waals surface area contributed by atoms with Crippen molar-refractivity contribution in [2.45, 2.75) is 23.2 Å². The van der Waals surface area contributed by atoms with Gasteiger partial charge in [0, 0.05) is 41.3 Å². The van der Waals surface area contributed by atoms with Gasteiger partial charge in [0.15, 0.2) is 0 Å². The van der Waals surface area contributed by atoms with E-state index >= 15 is 0 Å². The first kappa shape index (κ1) is 25.7. The first-order valence-electron chi connectivity index (χ1n) is 14.3. The number of hydrogen-bond acceptors (Lipinski definition) is 3. The molecule has 0 bridgehead atoms. The number of carbonyl (C=O) groups is 1. The van der Waals surface area contributed by atoms with Crippen molar-refractivity contribution < 1.29 is 4.79 Å². The lowest BCUT2D eigenvalue weighted by atomic mass is 9.74. The van der Waals surface area contributed by atoms with E-state index in [0.717, 1.165) is 38.2 Å². The zero-order valence-corrected chi connectivity index (χ0v) is 24.0. The average molecular weight is 556 g/mol. The van der Waals surface area contributed by atoms with E-state index in [-0.39, 0.29) is 11.4 Å². The number of amides is 2. The molecule has 5 aromatic rings. The molecule has 0 unspecified atom stereocenters. The van der Waals surface area contributed by atoms with Crippen LogP contribution in [0.4, 0.5) is 16.2 Å². The van der Waals surface area contributed by atoms with E-state index in [9.17, 15) is 4.79 Å². The number of carbonyl (C=O) groups excluding carboxylic acids is 1. The quantitative estimate of drug-likeness (QED) is 0.218. The third-order valence-electron chi connectivity index (χ3n) is 8.88. The highest BCUT2D eigenvalue weighted by Gasteiger charge is 2.42. The predicted octanol–water partition coefficient (Wildman–Crippen LogP) is 8.89. The van der Waals surface area contributed by atoms with Gasteiger partial charge in [0.2, 0.25) is 0 Å². The molecule has 2 aliphatic rings. The van der Waals surface area contributed by atoms with Gasteiger partial charge in [-0.25, -0.2) is 4.79 Å². The molecule has 4 nitrogen and oxygen atoms in total. The number of urea groups is 1. The van der Waals surface area contributed by atoms with Crippen molar-refractivity contribution in [1.29, 1.82) is 0 Å². The number of rotatable bonds is 4. The molecule has 41 heavy (non-hydrogen) atoms. The smallest absolute Gasteiger partial charge is 0.321 e. The number of thioether (sulfide) groups is 1. The molecule has 0 atom stereocenters. The minimum atomic E-state index is -0.0111. The van der Waals surface area contributed by atoms with Crippen molar-refractivity contribution in [3.8, 4) is 22.3 Å². The Morgan fingerprint density at radius 1 is 0.805 bits per heavy atom. The summed E-state index contributed by atoms with van der Waals surface area (Å²) in [5, 5.41) is 9.28. The van der Waals surface area contributed by atoms with Crippen LogP contribution in [0, 0.1) is 0 Å². The number of hydrogen-bond donors (Lipinski definition) is 2. The Kier molecular flexibility index (Phi) is 6.68. The number of nitrogens with zero attached hydrogens (tertiary/aromatic N) is 1. The van der Waals surface area contributed by atoms with E-state index in [2.05, 4.69) is 102 Å². The Hall–Kier alpha value is -4.22. The Balaban J connectivity index is 1.08. The maximum Gasteiger partial charge on any atom is 0.321 e. The number of nitrogens with one attached hydrogen (secondary N) is 2. The first-order valence-corrected chi connectivity index (χ1v) is 15.5. The van der Waals surface area contributed by atoms with Crippen molar-refractivity contribution in [2.24, 2.45) is 0 Å². The molecule has 2 aliphatic heterocycles. The van der Waals surface area contributed by atoms with Crippen LogP contribution in [0.2, 0.25) is 0 Å². The summed E-state index contributed by atoms with van der Waals surface area (Å²) in [6.07, 6.45) is 3.96. The number of anilines is 2. The van der Waals surface area contributed by atoms with Gasteiger partial charge in [0.1, 0.15) is 0 Å². The minimum absolute atomic E-state index is 0.0111. The van der Waals surface area contributed by atoms with Crippen LogP contribution in [0.15, 0.2) is 114 Å². The largest absolute Gasteiger partial charge is 0.384 e. The Labute approximate surface area is 245 Å². The van der Waals surface area contributed by atoms with Gasteiger partial charge in [-0.2, -0.15) is 0 Å². The maximum atomic E-state index is 13.0. The van der Waals surface area contributed by atoms with E-state index in [0.29, 0.717) is 0 Å². The summed E-state index contributed by atoms with van der Waals surface area (Å²) in [5.74, 6) is 0. The van der Waals surface area contributed by atoms with Crippen LogP contribution >= 0.6 is 11.8 Å². The summed E-state index contributed by atoms with van der Waals surface area (Å²) < 4.78 is 0. The lowest BCUT2D eigenvalue weighted by Crippen LogP contribution is -2.47. The molecule has 0 radical (unpaired) electrons. The fraction of sp³-hybridized carbons (Fsp3) is 0.194. The molecule has 2 N–H and O–H groups in total. The van der Waals surface area contributed by atoms with E-state index < -0.39 is 0 Å². The summed E-state index contributed by atoms with van der Waals surface area (Å²) in [6.45, 7) is 2.43. The first-order chi connectivity index (χ1) is 20.1. The SMILES string of the molecule is CSc1ccc(NC(=O)N2CCC3(CC2)CNc2ccc(-c4ccc(-c5cccc6ccccc56)cc4)cc23)cc1. The van der Waals surface area contributed by atoms with Crippen molar-refractivity contribution in [3.05, 3.63) is 115 Å². The molecule has 1 saturated heterocycles. The molecule has 5 heteroatoms. The van der Waals surface area contributed by atoms with Gasteiger partial charge in [0.05, 0.1) is 0 Å². The molecule has 1 fully saturated rings. The zero-order valence-electron chi connectivity index (χ0n) is 23.2. The van der Waals surface area contributed by atoms with Gasteiger partial charge in [-0.05, 0) is 94.1 Å². The molecule has 2 heterocycles. The molecule has 204 valence electrons. The molecule has 7 rings (SSSR count). The molecule has 1 spiro atoms. The lowest BCUT2D eigenvalue weighted by molar-refractivity contribution is 0.174. The second kappa shape index (κ2) is 10.6. The standard InChI is InChI=1S/C36H33N3OS/c1-41-30-16-14-29(15-17-30)38-35(40)39-21-19-36(20-22-39)24-37-34-18-13-28(23-33(34)36)25-9-11-27(12-10-25)32-8-4-6-26-5-2-3-7-31(26)32/h2-18,23,37H,19-22,24H2,1H3,(H,38,40). The molecule has 0 aromatic heterocycles. The van der Waals surface area contributed by atoms with Crippen LogP contribution in [0.1, 0.15) is 18.4 Å². The van der Waals surface area contributed by atoms with Crippen LogP contribution in [0.5, 0.6) is 0 Å².